The van der Waals surface area contributed by atoms with Gasteiger partial charge in [-0.3, -0.25) is 9.59 Å². The number of aromatic nitrogens is 1. The van der Waals surface area contributed by atoms with E-state index in [1.165, 1.54) is 5.56 Å². The molecule has 0 radical (unpaired) electrons. The Morgan fingerprint density at radius 3 is 2.29 bits per heavy atom. The van der Waals surface area contributed by atoms with Gasteiger partial charge in [0, 0.05) is 34.0 Å². The summed E-state index contributed by atoms with van der Waals surface area (Å²) < 4.78 is 2.12. The Morgan fingerprint density at radius 1 is 0.857 bits per heavy atom. The predicted octanol–water partition coefficient (Wildman–Crippen LogP) is 3.60. The molecule has 1 heterocycles. The molecule has 0 saturated heterocycles. The molecule has 5 nitrogen and oxygen atoms in total. The minimum atomic E-state index is -0.457. The van der Waals surface area contributed by atoms with Gasteiger partial charge in [-0.05, 0) is 41.8 Å². The van der Waals surface area contributed by atoms with Crippen LogP contribution in [0, 0.1) is 0 Å². The molecule has 4 aromatic rings. The third-order valence-electron chi connectivity index (χ3n) is 5.24. The molecule has 0 bridgehead atoms. The van der Waals surface area contributed by atoms with Gasteiger partial charge in [0.1, 0.15) is 0 Å². The van der Waals surface area contributed by atoms with Crippen LogP contribution in [0.1, 0.15) is 38.8 Å². The number of carbonyl (C=O) groups excluding carboxylic acids is 2. The molecule has 0 saturated carbocycles. The average molecular weight is 371 g/mol. The molecule has 0 atom stereocenters. The van der Waals surface area contributed by atoms with E-state index < -0.39 is 11.8 Å². The highest BCUT2D eigenvalue weighted by Crippen LogP contribution is 2.33. The molecule has 3 aromatic carbocycles. The lowest BCUT2D eigenvalue weighted by atomic mass is 10.0. The van der Waals surface area contributed by atoms with Gasteiger partial charge in [0.15, 0.2) is 0 Å². The Balaban J connectivity index is 2.05. The summed E-state index contributed by atoms with van der Waals surface area (Å²) in [5.74, 6) is -0.912. The highest BCUT2D eigenvalue weighted by atomic mass is 16.1. The molecule has 0 aliphatic rings. The summed E-state index contributed by atoms with van der Waals surface area (Å²) in [6, 6.07) is 19.1. The second-order valence-corrected chi connectivity index (χ2v) is 6.88. The van der Waals surface area contributed by atoms with Crippen molar-refractivity contribution in [3.05, 3.63) is 82.9 Å². The zero-order valence-electron chi connectivity index (χ0n) is 15.6. The summed E-state index contributed by atoms with van der Waals surface area (Å²) in [6.45, 7) is 2.57. The number of benzene rings is 3. The molecule has 0 spiro atoms. The fourth-order valence-electron chi connectivity index (χ4n) is 3.85. The van der Waals surface area contributed by atoms with Gasteiger partial charge in [-0.25, -0.2) is 0 Å². The van der Waals surface area contributed by atoms with Crippen molar-refractivity contribution in [2.45, 2.75) is 19.9 Å². The number of aryl methyl sites for hydroxylation is 1. The molecular weight excluding hydrogens is 350 g/mol. The Kier molecular flexibility index (Phi) is 4.35. The SMILES string of the molecule is CCc1ccc2c3c(C(N)=O)cccc3n(Cc3ccccc3C(N)=O)c2c1. The van der Waals surface area contributed by atoms with Crippen molar-refractivity contribution >= 4 is 33.6 Å². The number of nitrogens with two attached hydrogens (primary N) is 2. The fourth-order valence-corrected chi connectivity index (χ4v) is 3.85. The molecule has 140 valence electrons. The van der Waals surface area contributed by atoms with Crippen molar-refractivity contribution in [2.24, 2.45) is 11.5 Å². The van der Waals surface area contributed by atoms with E-state index in [0.29, 0.717) is 17.7 Å². The summed E-state index contributed by atoms with van der Waals surface area (Å²) in [4.78, 5) is 23.9. The van der Waals surface area contributed by atoms with Gasteiger partial charge in [0.25, 0.3) is 0 Å². The molecular formula is C23H21N3O2. The predicted molar refractivity (Wildman–Crippen MR) is 111 cm³/mol. The molecule has 0 unspecified atom stereocenters. The van der Waals surface area contributed by atoms with Crippen LogP contribution in [0.3, 0.4) is 0 Å². The summed E-state index contributed by atoms with van der Waals surface area (Å²) in [5, 5.41) is 1.81. The topological polar surface area (TPSA) is 91.1 Å². The van der Waals surface area contributed by atoms with Crippen molar-refractivity contribution in [3.63, 3.8) is 0 Å². The number of hydrogen-bond acceptors (Lipinski definition) is 2. The molecule has 0 aliphatic heterocycles. The molecule has 2 amide bonds. The van der Waals surface area contributed by atoms with Crippen molar-refractivity contribution < 1.29 is 9.59 Å². The summed E-state index contributed by atoms with van der Waals surface area (Å²) in [5.41, 5.74) is 16.1. The second kappa shape index (κ2) is 6.85. The lowest BCUT2D eigenvalue weighted by molar-refractivity contribution is 0.0992. The average Bonchev–Trinajstić information content (AvgIpc) is 3.01. The zero-order valence-corrected chi connectivity index (χ0v) is 15.6. The number of hydrogen-bond donors (Lipinski definition) is 2. The van der Waals surface area contributed by atoms with E-state index in [4.69, 9.17) is 11.5 Å². The summed E-state index contributed by atoms with van der Waals surface area (Å²) >= 11 is 0. The monoisotopic (exact) mass is 371 g/mol. The van der Waals surface area contributed by atoms with Gasteiger partial charge < -0.3 is 16.0 Å². The van der Waals surface area contributed by atoms with Gasteiger partial charge >= 0.3 is 0 Å². The van der Waals surface area contributed by atoms with Crippen molar-refractivity contribution in [1.29, 1.82) is 0 Å². The first-order chi connectivity index (χ1) is 13.5. The first kappa shape index (κ1) is 17.8. The first-order valence-electron chi connectivity index (χ1n) is 9.22. The van der Waals surface area contributed by atoms with Crippen LogP contribution >= 0.6 is 0 Å². The fraction of sp³-hybridized carbons (Fsp3) is 0.130. The summed E-state index contributed by atoms with van der Waals surface area (Å²) in [7, 11) is 0. The Labute approximate surface area is 162 Å². The highest BCUT2D eigenvalue weighted by molar-refractivity contribution is 6.18. The van der Waals surface area contributed by atoms with Crippen molar-refractivity contribution in [2.75, 3.05) is 0 Å². The Hall–Kier alpha value is -3.60. The standard InChI is InChI=1S/C23H21N3O2/c1-2-14-10-11-17-20(12-14)26(13-15-6-3-4-7-16(15)22(24)27)19-9-5-8-18(21(17)19)23(25)28/h3-12H,2,13H2,1H3,(H2,24,27)(H2,25,28). The van der Waals surface area contributed by atoms with Crippen LogP contribution in [0.2, 0.25) is 0 Å². The van der Waals surface area contributed by atoms with Crippen LogP contribution in [0.25, 0.3) is 21.8 Å². The van der Waals surface area contributed by atoms with E-state index in [2.05, 4.69) is 23.6 Å². The Morgan fingerprint density at radius 2 is 1.57 bits per heavy atom. The number of carbonyl (C=O) groups is 2. The molecule has 0 aliphatic carbocycles. The minimum Gasteiger partial charge on any atom is -0.366 e. The van der Waals surface area contributed by atoms with E-state index in [0.717, 1.165) is 33.8 Å². The van der Waals surface area contributed by atoms with Gasteiger partial charge in [0.05, 0.1) is 5.52 Å². The third-order valence-corrected chi connectivity index (χ3v) is 5.24. The normalized spacial score (nSPS) is 11.2. The van der Waals surface area contributed by atoms with Gasteiger partial charge in [-0.2, -0.15) is 0 Å². The zero-order chi connectivity index (χ0) is 19.8. The molecule has 28 heavy (non-hydrogen) atoms. The quantitative estimate of drug-likeness (QED) is 0.561. The van der Waals surface area contributed by atoms with Crippen molar-refractivity contribution in [1.82, 2.24) is 4.57 Å². The number of nitrogens with zero attached hydrogens (tertiary/aromatic N) is 1. The molecule has 4 N–H and O–H groups in total. The second-order valence-electron chi connectivity index (χ2n) is 6.88. The first-order valence-corrected chi connectivity index (χ1v) is 9.22. The minimum absolute atomic E-state index is 0.455. The lowest BCUT2D eigenvalue weighted by Gasteiger charge is -2.11. The van der Waals surface area contributed by atoms with Crippen LogP contribution in [0.15, 0.2) is 60.7 Å². The Bertz CT molecular complexity index is 1240. The number of amides is 2. The van der Waals surface area contributed by atoms with E-state index in [9.17, 15) is 9.59 Å². The van der Waals surface area contributed by atoms with Crippen LogP contribution < -0.4 is 11.5 Å². The van der Waals surface area contributed by atoms with Crippen LogP contribution in [0.5, 0.6) is 0 Å². The lowest BCUT2D eigenvalue weighted by Crippen LogP contribution is -2.15. The van der Waals surface area contributed by atoms with E-state index >= 15 is 0 Å². The maximum absolute atomic E-state index is 12.0. The van der Waals surface area contributed by atoms with Crippen LogP contribution in [-0.2, 0) is 13.0 Å². The van der Waals surface area contributed by atoms with E-state index in [1.54, 1.807) is 18.2 Å². The summed E-state index contributed by atoms with van der Waals surface area (Å²) in [6.07, 6.45) is 0.901. The largest absolute Gasteiger partial charge is 0.366 e. The number of fused-ring (bicyclic) bond motifs is 3. The smallest absolute Gasteiger partial charge is 0.249 e. The number of rotatable bonds is 5. The molecule has 4 rings (SSSR count). The highest BCUT2D eigenvalue weighted by Gasteiger charge is 2.18. The van der Waals surface area contributed by atoms with Gasteiger partial charge in [-0.1, -0.05) is 43.3 Å². The van der Waals surface area contributed by atoms with Gasteiger partial charge in [-0.15, -0.1) is 0 Å². The number of primary amides is 2. The maximum atomic E-state index is 12.0. The van der Waals surface area contributed by atoms with E-state index in [1.807, 2.05) is 30.3 Å². The molecule has 5 heteroatoms. The molecule has 0 fully saturated rings. The van der Waals surface area contributed by atoms with Gasteiger partial charge in [0.2, 0.25) is 11.8 Å². The van der Waals surface area contributed by atoms with Crippen LogP contribution in [0.4, 0.5) is 0 Å². The van der Waals surface area contributed by atoms with E-state index in [-0.39, 0.29) is 0 Å². The van der Waals surface area contributed by atoms with Crippen molar-refractivity contribution in [3.8, 4) is 0 Å². The maximum Gasteiger partial charge on any atom is 0.249 e. The third kappa shape index (κ3) is 2.81. The van der Waals surface area contributed by atoms with Crippen LogP contribution in [-0.4, -0.2) is 16.4 Å². The molecule has 1 aromatic heterocycles.